The van der Waals surface area contributed by atoms with Crippen LogP contribution in [0, 0.1) is 0 Å². The van der Waals surface area contributed by atoms with Crippen molar-refractivity contribution in [1.29, 1.82) is 0 Å². The van der Waals surface area contributed by atoms with Crippen molar-refractivity contribution in [1.82, 2.24) is 4.98 Å². The number of nitrogen functional groups attached to an aromatic ring is 1. The third-order valence-corrected chi connectivity index (χ3v) is 5.28. The minimum Gasteiger partial charge on any atom is -0.398 e. The molecule has 6 nitrogen and oxygen atoms in total. The van der Waals surface area contributed by atoms with Gasteiger partial charge in [-0.3, -0.25) is 9.36 Å². The van der Waals surface area contributed by atoms with E-state index < -0.39 is 13.2 Å². The van der Waals surface area contributed by atoms with Crippen LogP contribution in [0.4, 0.5) is 5.69 Å². The van der Waals surface area contributed by atoms with Crippen molar-refractivity contribution in [2.24, 2.45) is 0 Å². The Labute approximate surface area is 126 Å². The van der Waals surface area contributed by atoms with Crippen molar-refractivity contribution in [3.8, 4) is 0 Å². The molecule has 0 spiro atoms. The van der Waals surface area contributed by atoms with Crippen LogP contribution in [-0.2, 0) is 13.6 Å². The normalized spacial score (nSPS) is 12.0. The third-order valence-electron chi connectivity index (χ3n) is 2.84. The van der Waals surface area contributed by atoms with Crippen molar-refractivity contribution < 1.29 is 13.6 Å². The molecule has 2 rings (SSSR count). The van der Waals surface area contributed by atoms with E-state index in [4.69, 9.17) is 26.4 Å². The van der Waals surface area contributed by atoms with Gasteiger partial charge >= 0.3 is 7.60 Å². The summed E-state index contributed by atoms with van der Waals surface area (Å²) in [6, 6.07) is 4.61. The molecule has 2 aromatic rings. The zero-order valence-electron chi connectivity index (χ0n) is 11.7. The number of fused-ring (bicyclic) bond motifs is 1. The van der Waals surface area contributed by atoms with Crippen molar-refractivity contribution in [2.75, 3.05) is 18.9 Å². The van der Waals surface area contributed by atoms with E-state index in [-0.39, 0.29) is 18.5 Å². The molecule has 114 valence electrons. The van der Waals surface area contributed by atoms with Crippen LogP contribution in [0.15, 0.2) is 23.0 Å². The largest absolute Gasteiger partial charge is 0.398 e. The lowest BCUT2D eigenvalue weighted by Gasteiger charge is -2.16. The van der Waals surface area contributed by atoms with Gasteiger partial charge in [-0.2, -0.15) is 0 Å². The minimum atomic E-state index is -3.66. The number of pyridine rings is 1. The fraction of sp³-hybridized carbons (Fsp3) is 0.308. The first kappa shape index (κ1) is 16.0. The summed E-state index contributed by atoms with van der Waals surface area (Å²) in [5.74, 6) is 0. The van der Waals surface area contributed by atoms with E-state index >= 15 is 0 Å². The van der Waals surface area contributed by atoms with Crippen molar-refractivity contribution >= 4 is 41.1 Å². The van der Waals surface area contributed by atoms with E-state index in [1.54, 1.807) is 26.0 Å². The SMILES string of the molecule is CCOP(=O)(OCC)c1cc2cc(N)c(Cl)cc2[nH]c1=O. The van der Waals surface area contributed by atoms with Crippen LogP contribution in [-0.4, -0.2) is 18.2 Å². The van der Waals surface area contributed by atoms with Gasteiger partial charge in [-0.25, -0.2) is 0 Å². The number of hydrogen-bond acceptors (Lipinski definition) is 5. The number of aromatic amines is 1. The molecule has 0 radical (unpaired) electrons. The minimum absolute atomic E-state index is 0.0413. The molecular weight excluding hydrogens is 315 g/mol. The number of nitrogens with one attached hydrogen (secondary N) is 1. The molecule has 0 aliphatic heterocycles. The molecule has 3 N–H and O–H groups in total. The van der Waals surface area contributed by atoms with Crippen LogP contribution < -0.4 is 16.6 Å². The maximum absolute atomic E-state index is 12.7. The van der Waals surface area contributed by atoms with Gasteiger partial charge in [-0.1, -0.05) is 11.6 Å². The highest BCUT2D eigenvalue weighted by Gasteiger charge is 2.30. The first-order valence-electron chi connectivity index (χ1n) is 6.43. The van der Waals surface area contributed by atoms with E-state index in [1.165, 1.54) is 6.07 Å². The molecule has 1 aromatic heterocycles. The molecule has 1 aromatic carbocycles. The van der Waals surface area contributed by atoms with Crippen LogP contribution in [0.5, 0.6) is 0 Å². The number of nitrogens with two attached hydrogens (primary N) is 1. The maximum atomic E-state index is 12.7. The Morgan fingerprint density at radius 1 is 1.24 bits per heavy atom. The highest BCUT2D eigenvalue weighted by Crippen LogP contribution is 2.46. The molecule has 0 fully saturated rings. The van der Waals surface area contributed by atoms with E-state index in [0.717, 1.165) is 0 Å². The summed E-state index contributed by atoms with van der Waals surface area (Å²) in [7, 11) is -3.66. The Kier molecular flexibility index (Phi) is 4.74. The molecule has 0 bridgehead atoms. The summed E-state index contributed by atoms with van der Waals surface area (Å²) in [4.78, 5) is 14.8. The summed E-state index contributed by atoms with van der Waals surface area (Å²) in [5.41, 5.74) is 6.08. The molecule has 0 saturated carbocycles. The Bertz CT molecular complexity index is 765. The van der Waals surface area contributed by atoms with Gasteiger partial charge in [0, 0.05) is 10.9 Å². The van der Waals surface area contributed by atoms with E-state index in [1.807, 2.05) is 0 Å². The zero-order valence-corrected chi connectivity index (χ0v) is 13.3. The predicted octanol–water partition coefficient (Wildman–Crippen LogP) is 2.66. The lowest BCUT2D eigenvalue weighted by Crippen LogP contribution is -2.29. The zero-order chi connectivity index (χ0) is 15.6. The van der Waals surface area contributed by atoms with Gasteiger partial charge in [0.05, 0.1) is 23.9 Å². The second-order valence-corrected chi connectivity index (χ2v) is 6.68. The smallest absolute Gasteiger partial charge is 0.366 e. The van der Waals surface area contributed by atoms with Gasteiger partial charge in [0.2, 0.25) is 0 Å². The summed E-state index contributed by atoms with van der Waals surface area (Å²) in [6.07, 6.45) is 0. The molecule has 1 heterocycles. The average Bonchev–Trinajstić information content (AvgIpc) is 2.40. The quantitative estimate of drug-likeness (QED) is 0.649. The second-order valence-electron chi connectivity index (χ2n) is 4.28. The van der Waals surface area contributed by atoms with Crippen LogP contribution in [0.25, 0.3) is 10.9 Å². The average molecular weight is 331 g/mol. The van der Waals surface area contributed by atoms with Crippen LogP contribution in [0.1, 0.15) is 13.8 Å². The van der Waals surface area contributed by atoms with Gasteiger partial charge in [0.25, 0.3) is 5.56 Å². The number of rotatable bonds is 5. The van der Waals surface area contributed by atoms with Gasteiger partial charge in [-0.05, 0) is 32.0 Å². The fourth-order valence-corrected chi connectivity index (χ4v) is 3.75. The number of benzene rings is 1. The summed E-state index contributed by atoms with van der Waals surface area (Å²) >= 11 is 5.92. The third kappa shape index (κ3) is 3.14. The van der Waals surface area contributed by atoms with Gasteiger partial charge in [0.1, 0.15) is 5.30 Å². The first-order valence-corrected chi connectivity index (χ1v) is 8.35. The van der Waals surface area contributed by atoms with E-state index in [0.29, 0.717) is 21.6 Å². The lowest BCUT2D eigenvalue weighted by molar-refractivity contribution is 0.229. The Morgan fingerprint density at radius 3 is 2.43 bits per heavy atom. The van der Waals surface area contributed by atoms with Gasteiger partial charge in [-0.15, -0.1) is 0 Å². The van der Waals surface area contributed by atoms with Crippen molar-refractivity contribution in [2.45, 2.75) is 13.8 Å². The van der Waals surface area contributed by atoms with Gasteiger partial charge < -0.3 is 19.8 Å². The standard InChI is InChI=1S/C13H16ClN2O4P/c1-3-19-21(18,20-4-2)12-6-8-5-10(15)9(14)7-11(8)16-13(12)17/h5-7H,3-4,15H2,1-2H3,(H,16,17). The molecular formula is C13H16ClN2O4P. The van der Waals surface area contributed by atoms with Crippen molar-refractivity contribution in [3.63, 3.8) is 0 Å². The Hall–Kier alpha value is -1.33. The molecule has 0 aliphatic carbocycles. The molecule has 0 amide bonds. The summed E-state index contributed by atoms with van der Waals surface area (Å²) < 4.78 is 23.1. The van der Waals surface area contributed by atoms with Gasteiger partial charge in [0.15, 0.2) is 0 Å². The van der Waals surface area contributed by atoms with Crippen molar-refractivity contribution in [3.05, 3.63) is 33.6 Å². The maximum Gasteiger partial charge on any atom is 0.366 e. The number of anilines is 1. The highest BCUT2D eigenvalue weighted by molar-refractivity contribution is 7.62. The molecule has 0 atom stereocenters. The molecule has 21 heavy (non-hydrogen) atoms. The second kappa shape index (κ2) is 6.20. The summed E-state index contributed by atoms with van der Waals surface area (Å²) in [6.45, 7) is 3.69. The Balaban J connectivity index is 2.69. The Morgan fingerprint density at radius 2 is 1.86 bits per heavy atom. The van der Waals surface area contributed by atoms with Crippen LogP contribution >= 0.6 is 19.2 Å². The monoisotopic (exact) mass is 330 g/mol. The summed E-state index contributed by atoms with van der Waals surface area (Å²) in [5, 5.41) is 0.898. The molecule has 8 heteroatoms. The topological polar surface area (TPSA) is 94.4 Å². The van der Waals surface area contributed by atoms with Crippen LogP contribution in [0.2, 0.25) is 5.02 Å². The van der Waals surface area contributed by atoms with E-state index in [2.05, 4.69) is 4.98 Å². The number of halogens is 1. The first-order chi connectivity index (χ1) is 9.91. The van der Waals surface area contributed by atoms with E-state index in [9.17, 15) is 9.36 Å². The fourth-order valence-electron chi connectivity index (χ4n) is 1.95. The molecule has 0 saturated heterocycles. The molecule has 0 unspecified atom stereocenters. The predicted molar refractivity (Wildman–Crippen MR) is 84.5 cm³/mol. The number of H-pyrrole nitrogens is 1. The molecule has 0 aliphatic rings. The van der Waals surface area contributed by atoms with Crippen LogP contribution in [0.3, 0.4) is 0 Å². The number of aromatic nitrogens is 1. The number of hydrogen-bond donors (Lipinski definition) is 2. The highest BCUT2D eigenvalue weighted by atomic mass is 35.5. The lowest BCUT2D eigenvalue weighted by atomic mass is 10.2.